The van der Waals surface area contributed by atoms with Crippen molar-refractivity contribution in [3.8, 4) is 0 Å². The van der Waals surface area contributed by atoms with E-state index in [0.29, 0.717) is 27.4 Å². The molecule has 0 spiro atoms. The van der Waals surface area contributed by atoms with Gasteiger partial charge in [0.25, 0.3) is 5.91 Å². The maximum Gasteiger partial charge on any atom is 0.267 e. The van der Waals surface area contributed by atoms with Gasteiger partial charge in [0.15, 0.2) is 5.78 Å². The fraction of sp³-hybridized carbons (Fsp3) is 0.0870. The summed E-state index contributed by atoms with van der Waals surface area (Å²) in [4.78, 5) is 30.9. The number of fused-ring (bicyclic) bond motifs is 1. The van der Waals surface area contributed by atoms with Crippen molar-refractivity contribution in [2.24, 2.45) is 0 Å². The molecule has 2 aromatic heterocycles. The van der Waals surface area contributed by atoms with Gasteiger partial charge in [-0.05, 0) is 49.7 Å². The molecule has 0 bridgehead atoms. The summed E-state index contributed by atoms with van der Waals surface area (Å²) in [7, 11) is 0. The van der Waals surface area contributed by atoms with Gasteiger partial charge >= 0.3 is 0 Å². The fourth-order valence-corrected chi connectivity index (χ4v) is 4.40. The second kappa shape index (κ2) is 7.48. The van der Waals surface area contributed by atoms with Crippen molar-refractivity contribution >= 4 is 44.6 Å². The minimum absolute atomic E-state index is 0.0610. The number of nitrogens with one attached hydrogen (secondary N) is 1. The number of nitrogens with zero attached hydrogens (tertiary/aromatic N) is 1. The number of ketones is 1. The number of carbonyl (C=O) groups is 2. The lowest BCUT2D eigenvalue weighted by atomic mass is 10.0. The van der Waals surface area contributed by atoms with Crippen LogP contribution in [0.2, 0.25) is 0 Å². The van der Waals surface area contributed by atoms with E-state index in [1.807, 2.05) is 38.1 Å². The molecule has 2 aromatic carbocycles. The Bertz CT molecular complexity index is 1230. The molecule has 2 heterocycles. The third-order valence-electron chi connectivity index (χ3n) is 4.67. The predicted molar refractivity (Wildman–Crippen MR) is 118 cm³/mol. The Morgan fingerprint density at radius 3 is 2.31 bits per heavy atom. The normalized spacial score (nSPS) is 10.8. The fourth-order valence-electron chi connectivity index (χ4n) is 3.29. The lowest BCUT2D eigenvalue weighted by molar-refractivity contribution is 0.102. The Kier molecular flexibility index (Phi) is 4.86. The maximum atomic E-state index is 12.8. The number of rotatable bonds is 4. The quantitative estimate of drug-likeness (QED) is 0.472. The van der Waals surface area contributed by atoms with Gasteiger partial charge in [-0.15, -0.1) is 11.3 Å². The summed E-state index contributed by atoms with van der Waals surface area (Å²) in [6.45, 7) is 3.88. The standard InChI is InChI=1S/C23H19N3O2S/c1-13-12-14(2)25-23-18(13)19(24)21(29-23)22(28)26-17-10-8-16(9-11-17)20(27)15-6-4-3-5-7-15/h3-12H,24H2,1-2H3,(H,26,28). The molecule has 4 aromatic rings. The lowest BCUT2D eigenvalue weighted by Gasteiger charge is -2.06. The second-order valence-electron chi connectivity index (χ2n) is 6.83. The molecule has 144 valence electrons. The number of nitrogen functional groups attached to an aromatic ring is 1. The first-order valence-electron chi connectivity index (χ1n) is 9.11. The minimum Gasteiger partial charge on any atom is -0.397 e. The third kappa shape index (κ3) is 3.62. The van der Waals surface area contributed by atoms with E-state index in [1.54, 1.807) is 36.4 Å². The number of hydrogen-bond acceptors (Lipinski definition) is 5. The van der Waals surface area contributed by atoms with E-state index in [1.165, 1.54) is 11.3 Å². The molecule has 0 saturated carbocycles. The van der Waals surface area contributed by atoms with Gasteiger partial charge in [-0.1, -0.05) is 30.3 Å². The van der Waals surface area contributed by atoms with Crippen molar-refractivity contribution in [2.75, 3.05) is 11.1 Å². The van der Waals surface area contributed by atoms with Crippen LogP contribution in [0.3, 0.4) is 0 Å². The number of nitrogens with two attached hydrogens (primary N) is 1. The van der Waals surface area contributed by atoms with Crippen molar-refractivity contribution < 1.29 is 9.59 Å². The van der Waals surface area contributed by atoms with Crippen LogP contribution in [0.15, 0.2) is 60.7 Å². The SMILES string of the molecule is Cc1cc(C)c2c(N)c(C(=O)Nc3ccc(C(=O)c4ccccc4)cc3)sc2n1. The molecule has 0 fully saturated rings. The number of pyridine rings is 1. The molecule has 0 aliphatic carbocycles. The summed E-state index contributed by atoms with van der Waals surface area (Å²) in [5.74, 6) is -0.348. The average molecular weight is 401 g/mol. The van der Waals surface area contributed by atoms with E-state index < -0.39 is 0 Å². The zero-order chi connectivity index (χ0) is 20.5. The van der Waals surface area contributed by atoms with Gasteiger partial charge in [0.2, 0.25) is 0 Å². The van der Waals surface area contributed by atoms with Crippen LogP contribution in [0.25, 0.3) is 10.2 Å². The van der Waals surface area contributed by atoms with Gasteiger partial charge < -0.3 is 11.1 Å². The molecule has 0 unspecified atom stereocenters. The predicted octanol–water partition coefficient (Wildman–Crippen LogP) is 4.98. The van der Waals surface area contributed by atoms with Crippen LogP contribution in [0, 0.1) is 13.8 Å². The van der Waals surface area contributed by atoms with Crippen LogP contribution in [0.5, 0.6) is 0 Å². The highest BCUT2D eigenvalue weighted by molar-refractivity contribution is 7.21. The van der Waals surface area contributed by atoms with E-state index in [9.17, 15) is 9.59 Å². The molecule has 0 saturated heterocycles. The number of hydrogen-bond donors (Lipinski definition) is 2. The largest absolute Gasteiger partial charge is 0.397 e. The van der Waals surface area contributed by atoms with E-state index in [0.717, 1.165) is 21.5 Å². The number of thiophene rings is 1. The molecule has 0 atom stereocenters. The first kappa shape index (κ1) is 18.8. The zero-order valence-corrected chi connectivity index (χ0v) is 16.8. The summed E-state index contributed by atoms with van der Waals surface area (Å²) < 4.78 is 0. The first-order chi connectivity index (χ1) is 13.9. The van der Waals surface area contributed by atoms with Crippen LogP contribution in [-0.2, 0) is 0 Å². The Morgan fingerprint density at radius 1 is 0.966 bits per heavy atom. The molecule has 6 heteroatoms. The molecule has 0 aliphatic rings. The van der Waals surface area contributed by atoms with Gasteiger partial charge in [-0.2, -0.15) is 0 Å². The summed E-state index contributed by atoms with van der Waals surface area (Å²) in [6.07, 6.45) is 0. The third-order valence-corrected chi connectivity index (χ3v) is 5.77. The highest BCUT2D eigenvalue weighted by Gasteiger charge is 2.19. The van der Waals surface area contributed by atoms with Crippen molar-refractivity contribution in [3.63, 3.8) is 0 Å². The molecular weight excluding hydrogens is 382 g/mol. The lowest BCUT2D eigenvalue weighted by Crippen LogP contribution is -2.12. The first-order valence-corrected chi connectivity index (χ1v) is 9.93. The molecule has 1 amide bonds. The van der Waals surface area contributed by atoms with Crippen molar-refractivity contribution in [2.45, 2.75) is 13.8 Å². The molecule has 29 heavy (non-hydrogen) atoms. The van der Waals surface area contributed by atoms with Gasteiger partial charge in [-0.3, -0.25) is 9.59 Å². The summed E-state index contributed by atoms with van der Waals surface area (Å²) in [6, 6.07) is 17.9. The van der Waals surface area contributed by atoms with Crippen molar-refractivity contribution in [1.29, 1.82) is 0 Å². The molecule has 0 aliphatic heterocycles. The Morgan fingerprint density at radius 2 is 1.62 bits per heavy atom. The molecule has 0 radical (unpaired) electrons. The number of benzene rings is 2. The highest BCUT2D eigenvalue weighted by Crippen LogP contribution is 2.35. The average Bonchev–Trinajstić information content (AvgIpc) is 3.05. The van der Waals surface area contributed by atoms with E-state index in [2.05, 4.69) is 10.3 Å². The van der Waals surface area contributed by atoms with E-state index in [4.69, 9.17) is 5.73 Å². The van der Waals surface area contributed by atoms with Gasteiger partial charge in [0.1, 0.15) is 9.71 Å². The van der Waals surface area contributed by atoms with Crippen molar-refractivity contribution in [1.82, 2.24) is 4.98 Å². The van der Waals surface area contributed by atoms with Crippen LogP contribution in [0.1, 0.15) is 36.9 Å². The van der Waals surface area contributed by atoms with Crippen LogP contribution >= 0.6 is 11.3 Å². The summed E-state index contributed by atoms with van der Waals surface area (Å²) in [5.41, 5.74) is 10.4. The van der Waals surface area contributed by atoms with Crippen LogP contribution in [-0.4, -0.2) is 16.7 Å². The second-order valence-corrected chi connectivity index (χ2v) is 7.83. The number of amides is 1. The number of carbonyl (C=O) groups excluding carboxylic acids is 2. The maximum absolute atomic E-state index is 12.8. The van der Waals surface area contributed by atoms with Crippen LogP contribution in [0.4, 0.5) is 11.4 Å². The van der Waals surface area contributed by atoms with Gasteiger partial charge in [0, 0.05) is 27.9 Å². The highest BCUT2D eigenvalue weighted by atomic mass is 32.1. The number of aryl methyl sites for hydroxylation is 2. The van der Waals surface area contributed by atoms with E-state index in [-0.39, 0.29) is 11.7 Å². The number of aromatic nitrogens is 1. The molecular formula is C23H19N3O2S. The Balaban J connectivity index is 1.56. The summed E-state index contributed by atoms with van der Waals surface area (Å²) >= 11 is 1.28. The monoisotopic (exact) mass is 401 g/mol. The van der Waals surface area contributed by atoms with Crippen LogP contribution < -0.4 is 11.1 Å². The Hall–Kier alpha value is -3.51. The minimum atomic E-state index is -0.287. The summed E-state index contributed by atoms with van der Waals surface area (Å²) in [5, 5.41) is 3.68. The molecule has 3 N–H and O–H groups in total. The smallest absolute Gasteiger partial charge is 0.267 e. The van der Waals surface area contributed by atoms with Gasteiger partial charge in [-0.25, -0.2) is 4.98 Å². The van der Waals surface area contributed by atoms with E-state index >= 15 is 0 Å². The molecule has 5 nitrogen and oxygen atoms in total. The Labute approximate surface area is 172 Å². The van der Waals surface area contributed by atoms with Crippen molar-refractivity contribution in [3.05, 3.63) is 87.9 Å². The van der Waals surface area contributed by atoms with Gasteiger partial charge in [0.05, 0.1) is 5.69 Å². The zero-order valence-electron chi connectivity index (χ0n) is 16.0. The number of anilines is 2. The molecule has 4 rings (SSSR count). The topological polar surface area (TPSA) is 85.1 Å².